The van der Waals surface area contributed by atoms with Gasteiger partial charge in [-0.25, -0.2) is 0 Å². The van der Waals surface area contributed by atoms with Crippen molar-refractivity contribution in [3.63, 3.8) is 0 Å². The molecule has 0 radical (unpaired) electrons. The summed E-state index contributed by atoms with van der Waals surface area (Å²) in [6.07, 6.45) is 1.75. The van der Waals surface area contributed by atoms with Crippen molar-refractivity contribution in [1.82, 2.24) is 0 Å². The lowest BCUT2D eigenvalue weighted by Crippen LogP contribution is -2.28. The molecule has 3 aromatic rings. The van der Waals surface area contributed by atoms with E-state index in [-0.39, 0.29) is 5.91 Å². The first kappa shape index (κ1) is 16.8. The van der Waals surface area contributed by atoms with E-state index in [1.54, 1.807) is 11.0 Å². The number of para-hydroxylation sites is 1. The number of nitrogens with zero attached hydrogens (tertiary/aromatic N) is 1. The van der Waals surface area contributed by atoms with Crippen LogP contribution in [-0.2, 0) is 4.79 Å². The summed E-state index contributed by atoms with van der Waals surface area (Å²) in [5, 5.41) is 0. The van der Waals surface area contributed by atoms with Crippen LogP contribution in [0.4, 0.5) is 5.69 Å². The molecule has 0 spiro atoms. The minimum atomic E-state index is -0.119. The third-order valence-electron chi connectivity index (χ3n) is 4.11. The van der Waals surface area contributed by atoms with E-state index in [0.717, 1.165) is 22.6 Å². The zero-order chi connectivity index (χ0) is 18.1. The van der Waals surface area contributed by atoms with E-state index in [1.165, 1.54) is 11.8 Å². The summed E-state index contributed by atoms with van der Waals surface area (Å²) in [6.45, 7) is 1.97. The predicted octanol–water partition coefficient (Wildman–Crippen LogP) is 5.66. The number of thiocarbonyl (C=S) groups is 1. The van der Waals surface area contributed by atoms with Gasteiger partial charge in [-0.2, -0.15) is 0 Å². The first-order valence-corrected chi connectivity index (χ1v) is 9.35. The van der Waals surface area contributed by atoms with Crippen molar-refractivity contribution in [2.24, 2.45) is 0 Å². The molecule has 26 heavy (non-hydrogen) atoms. The van der Waals surface area contributed by atoms with Crippen molar-refractivity contribution < 1.29 is 9.21 Å². The van der Waals surface area contributed by atoms with Crippen LogP contribution in [0.25, 0.3) is 17.4 Å². The highest BCUT2D eigenvalue weighted by Gasteiger charge is 2.34. The predicted molar refractivity (Wildman–Crippen MR) is 111 cm³/mol. The van der Waals surface area contributed by atoms with E-state index in [1.807, 2.05) is 73.7 Å². The maximum absolute atomic E-state index is 12.9. The highest BCUT2D eigenvalue weighted by atomic mass is 32.2. The molecule has 0 saturated carbocycles. The summed E-state index contributed by atoms with van der Waals surface area (Å²) in [5.74, 6) is 1.28. The lowest BCUT2D eigenvalue weighted by molar-refractivity contribution is -0.113. The van der Waals surface area contributed by atoms with Gasteiger partial charge in [0.2, 0.25) is 0 Å². The minimum absolute atomic E-state index is 0.119. The molecular weight excluding hydrogens is 362 g/mol. The highest BCUT2D eigenvalue weighted by molar-refractivity contribution is 8.27. The second-order valence-electron chi connectivity index (χ2n) is 5.87. The van der Waals surface area contributed by atoms with E-state index < -0.39 is 0 Å². The molecule has 1 aromatic heterocycles. The number of carbonyl (C=O) groups excluding carboxylic acids is 1. The molecule has 0 bridgehead atoms. The van der Waals surface area contributed by atoms with Crippen LogP contribution in [0.5, 0.6) is 0 Å². The lowest BCUT2D eigenvalue weighted by atomic mass is 10.2. The topological polar surface area (TPSA) is 33.5 Å². The Morgan fingerprint density at radius 1 is 1.00 bits per heavy atom. The minimum Gasteiger partial charge on any atom is -0.457 e. The molecular formula is C21H15NO2S2. The first-order chi connectivity index (χ1) is 12.6. The molecule has 5 heteroatoms. The van der Waals surface area contributed by atoms with Crippen LogP contribution in [0, 0.1) is 6.92 Å². The van der Waals surface area contributed by atoms with E-state index in [0.29, 0.717) is 15.0 Å². The molecule has 1 amide bonds. The maximum atomic E-state index is 12.9. The monoisotopic (exact) mass is 377 g/mol. The van der Waals surface area contributed by atoms with Gasteiger partial charge in [0.05, 0.1) is 10.6 Å². The van der Waals surface area contributed by atoms with Crippen molar-refractivity contribution >= 4 is 46.0 Å². The van der Waals surface area contributed by atoms with Gasteiger partial charge in [0.25, 0.3) is 5.91 Å². The first-order valence-electron chi connectivity index (χ1n) is 8.12. The van der Waals surface area contributed by atoms with E-state index in [4.69, 9.17) is 16.6 Å². The number of anilines is 1. The van der Waals surface area contributed by atoms with Gasteiger partial charge in [-0.15, -0.1) is 0 Å². The number of thioether (sulfide) groups is 1. The number of hydrogen-bond acceptors (Lipinski definition) is 4. The molecule has 1 fully saturated rings. The smallest absolute Gasteiger partial charge is 0.270 e. The Morgan fingerprint density at radius 3 is 2.50 bits per heavy atom. The fraction of sp³-hybridized carbons (Fsp3) is 0.0476. The van der Waals surface area contributed by atoms with Gasteiger partial charge < -0.3 is 4.42 Å². The molecule has 0 unspecified atom stereocenters. The molecule has 0 atom stereocenters. The summed E-state index contributed by atoms with van der Waals surface area (Å²) in [6, 6.07) is 21.4. The Labute approximate surface area is 161 Å². The fourth-order valence-electron chi connectivity index (χ4n) is 2.81. The van der Waals surface area contributed by atoms with Crippen LogP contribution < -0.4 is 4.90 Å². The normalized spacial score (nSPS) is 15.9. The molecule has 2 aromatic carbocycles. The van der Waals surface area contributed by atoms with Crippen LogP contribution in [0.3, 0.4) is 0 Å². The van der Waals surface area contributed by atoms with Crippen molar-refractivity contribution in [3.8, 4) is 11.3 Å². The summed E-state index contributed by atoms with van der Waals surface area (Å²) in [7, 11) is 0. The number of carbonyl (C=O) groups is 1. The van der Waals surface area contributed by atoms with Gasteiger partial charge in [0.1, 0.15) is 11.5 Å². The Kier molecular flexibility index (Phi) is 4.49. The molecule has 0 N–H and O–H groups in total. The number of rotatable bonds is 3. The summed E-state index contributed by atoms with van der Waals surface area (Å²) in [5.41, 5.74) is 2.83. The van der Waals surface area contributed by atoms with Gasteiger partial charge in [0, 0.05) is 11.6 Å². The van der Waals surface area contributed by atoms with Crippen LogP contribution in [0.2, 0.25) is 0 Å². The van der Waals surface area contributed by atoms with Gasteiger partial charge in [-0.05, 0) is 30.7 Å². The SMILES string of the molecule is Cc1ccccc1N1C(=O)/C(=C/c2ccc(-c3ccccc3)o2)SC1=S. The zero-order valence-corrected chi connectivity index (χ0v) is 15.6. The van der Waals surface area contributed by atoms with Crippen LogP contribution in [0.1, 0.15) is 11.3 Å². The molecule has 1 aliphatic heterocycles. The van der Waals surface area contributed by atoms with Crippen molar-refractivity contribution in [1.29, 1.82) is 0 Å². The van der Waals surface area contributed by atoms with Crippen LogP contribution in [-0.4, -0.2) is 10.2 Å². The maximum Gasteiger partial charge on any atom is 0.270 e. The number of furan rings is 1. The third kappa shape index (κ3) is 3.11. The molecule has 1 saturated heterocycles. The Hall–Kier alpha value is -2.63. The molecule has 2 heterocycles. The molecule has 0 aliphatic carbocycles. The van der Waals surface area contributed by atoms with Crippen molar-refractivity contribution in [3.05, 3.63) is 83.0 Å². The summed E-state index contributed by atoms with van der Waals surface area (Å²) < 4.78 is 6.41. The van der Waals surface area contributed by atoms with Crippen molar-refractivity contribution in [2.75, 3.05) is 4.90 Å². The molecule has 4 rings (SSSR count). The van der Waals surface area contributed by atoms with Crippen molar-refractivity contribution in [2.45, 2.75) is 6.92 Å². The highest BCUT2D eigenvalue weighted by Crippen LogP contribution is 2.37. The van der Waals surface area contributed by atoms with Gasteiger partial charge in [0.15, 0.2) is 4.32 Å². The Bertz CT molecular complexity index is 1020. The number of benzene rings is 2. The largest absolute Gasteiger partial charge is 0.457 e. The van der Waals surface area contributed by atoms with Gasteiger partial charge in [-0.3, -0.25) is 9.69 Å². The van der Waals surface area contributed by atoms with E-state index in [2.05, 4.69) is 0 Å². The summed E-state index contributed by atoms with van der Waals surface area (Å²) in [4.78, 5) is 15.0. The lowest BCUT2D eigenvalue weighted by Gasteiger charge is -2.16. The Balaban J connectivity index is 1.63. The quantitative estimate of drug-likeness (QED) is 0.435. The van der Waals surface area contributed by atoms with Crippen LogP contribution >= 0.6 is 24.0 Å². The summed E-state index contributed by atoms with van der Waals surface area (Å²) >= 11 is 6.73. The second kappa shape index (κ2) is 6.94. The number of amides is 1. The third-order valence-corrected chi connectivity index (χ3v) is 5.41. The second-order valence-corrected chi connectivity index (χ2v) is 7.55. The number of hydrogen-bond donors (Lipinski definition) is 0. The van der Waals surface area contributed by atoms with Gasteiger partial charge in [-0.1, -0.05) is 72.5 Å². The van der Waals surface area contributed by atoms with Crippen LogP contribution in [0.15, 0.2) is 76.1 Å². The van der Waals surface area contributed by atoms with E-state index >= 15 is 0 Å². The Morgan fingerprint density at radius 2 is 1.73 bits per heavy atom. The number of aryl methyl sites for hydroxylation is 1. The standard InChI is InChI=1S/C21H15NO2S2/c1-14-7-5-6-10-17(14)22-20(23)19(26-21(22)25)13-16-11-12-18(24-16)15-8-3-2-4-9-15/h2-13H,1H3/b19-13-. The van der Waals surface area contributed by atoms with Gasteiger partial charge >= 0.3 is 0 Å². The average molecular weight is 377 g/mol. The molecule has 3 nitrogen and oxygen atoms in total. The fourth-order valence-corrected chi connectivity index (χ4v) is 4.07. The average Bonchev–Trinajstić information content (AvgIpc) is 3.22. The van der Waals surface area contributed by atoms with E-state index in [9.17, 15) is 4.79 Å². The molecule has 128 valence electrons. The zero-order valence-electron chi connectivity index (χ0n) is 14.0. The molecule has 1 aliphatic rings.